The Morgan fingerprint density at radius 1 is 1.12 bits per heavy atom. The zero-order valence-electron chi connectivity index (χ0n) is 9.05. The van der Waals surface area contributed by atoms with E-state index in [0.717, 1.165) is 11.1 Å². The quantitative estimate of drug-likeness (QED) is 0.822. The molecule has 0 fully saturated rings. The van der Waals surface area contributed by atoms with Crippen LogP contribution < -0.4 is 5.73 Å². The van der Waals surface area contributed by atoms with Crippen LogP contribution in [0.4, 0.5) is 13.2 Å². The Morgan fingerprint density at radius 2 is 1.56 bits per heavy atom. The van der Waals surface area contributed by atoms with Crippen molar-refractivity contribution in [2.45, 2.75) is 32.2 Å². The normalized spacial score (nSPS) is 15.9. The summed E-state index contributed by atoms with van der Waals surface area (Å²) in [6.45, 7) is 3.53. The maximum atomic E-state index is 12.3. The average molecular weight is 233 g/mol. The third kappa shape index (κ3) is 2.96. The van der Waals surface area contributed by atoms with E-state index in [1.165, 1.54) is 0 Å². The van der Waals surface area contributed by atoms with E-state index < -0.39 is 18.3 Å². The summed E-state index contributed by atoms with van der Waals surface area (Å²) in [5.74, 6) is 0. The molecule has 0 aliphatic heterocycles. The van der Waals surface area contributed by atoms with Crippen molar-refractivity contribution < 1.29 is 18.3 Å². The van der Waals surface area contributed by atoms with Crippen molar-refractivity contribution in [2.75, 3.05) is 0 Å². The van der Waals surface area contributed by atoms with E-state index in [4.69, 9.17) is 10.8 Å². The molecule has 0 heterocycles. The van der Waals surface area contributed by atoms with Crippen LogP contribution in [0.3, 0.4) is 0 Å². The van der Waals surface area contributed by atoms with Gasteiger partial charge >= 0.3 is 6.18 Å². The fourth-order valence-corrected chi connectivity index (χ4v) is 1.59. The summed E-state index contributed by atoms with van der Waals surface area (Å²) in [4.78, 5) is 0. The number of hydrogen-bond donors (Lipinski definition) is 2. The summed E-state index contributed by atoms with van der Waals surface area (Å²) in [5.41, 5.74) is 7.32. The molecule has 0 aliphatic carbocycles. The molecule has 0 spiro atoms. The third-order valence-electron chi connectivity index (χ3n) is 2.30. The van der Waals surface area contributed by atoms with Crippen molar-refractivity contribution >= 4 is 0 Å². The van der Waals surface area contributed by atoms with Crippen molar-refractivity contribution in [3.63, 3.8) is 0 Å². The highest BCUT2D eigenvalue weighted by Crippen LogP contribution is 2.29. The first-order chi connectivity index (χ1) is 7.21. The van der Waals surface area contributed by atoms with Gasteiger partial charge in [0.1, 0.15) is 0 Å². The molecule has 0 saturated carbocycles. The van der Waals surface area contributed by atoms with E-state index in [2.05, 4.69) is 0 Å². The van der Waals surface area contributed by atoms with Gasteiger partial charge in [-0.05, 0) is 19.4 Å². The first-order valence-corrected chi connectivity index (χ1v) is 4.80. The minimum Gasteiger partial charge on any atom is -0.382 e. The Hall–Kier alpha value is -1.07. The highest BCUT2D eigenvalue weighted by atomic mass is 19.4. The molecule has 3 N–H and O–H groups in total. The summed E-state index contributed by atoms with van der Waals surface area (Å²) >= 11 is 0. The van der Waals surface area contributed by atoms with Crippen LogP contribution in [0.1, 0.15) is 22.7 Å². The van der Waals surface area contributed by atoms with Gasteiger partial charge in [0, 0.05) is 0 Å². The van der Waals surface area contributed by atoms with Crippen LogP contribution in [0, 0.1) is 13.8 Å². The molecule has 1 aromatic carbocycles. The molecular weight excluding hydrogens is 219 g/mol. The lowest BCUT2D eigenvalue weighted by Crippen LogP contribution is -2.38. The molecule has 0 aromatic heterocycles. The van der Waals surface area contributed by atoms with Crippen LogP contribution >= 0.6 is 0 Å². The number of alkyl halides is 3. The second-order valence-electron chi connectivity index (χ2n) is 3.93. The monoisotopic (exact) mass is 233 g/mol. The summed E-state index contributed by atoms with van der Waals surface area (Å²) in [7, 11) is 0. The maximum Gasteiger partial charge on any atom is 0.416 e. The highest BCUT2D eigenvalue weighted by molar-refractivity contribution is 5.31. The molecule has 0 aliphatic rings. The Labute approximate surface area is 91.9 Å². The summed E-state index contributed by atoms with van der Waals surface area (Å²) < 4.78 is 36.8. The third-order valence-corrected chi connectivity index (χ3v) is 2.30. The van der Waals surface area contributed by atoms with Gasteiger partial charge in [0.15, 0.2) is 6.10 Å². The molecule has 2 nitrogen and oxygen atoms in total. The van der Waals surface area contributed by atoms with E-state index in [-0.39, 0.29) is 0 Å². The molecule has 5 heteroatoms. The Balaban J connectivity index is 3.00. The van der Waals surface area contributed by atoms with Gasteiger partial charge in [0.05, 0.1) is 6.04 Å². The second-order valence-corrected chi connectivity index (χ2v) is 3.93. The van der Waals surface area contributed by atoms with Gasteiger partial charge in [-0.25, -0.2) is 0 Å². The van der Waals surface area contributed by atoms with Gasteiger partial charge < -0.3 is 10.8 Å². The zero-order chi connectivity index (χ0) is 12.5. The Kier molecular flexibility index (Phi) is 3.60. The molecule has 0 amide bonds. The van der Waals surface area contributed by atoms with E-state index in [1.807, 2.05) is 6.07 Å². The SMILES string of the molecule is Cc1cc(C)cc([C@@H](N)[C@@H](O)C(F)(F)F)c1. The smallest absolute Gasteiger partial charge is 0.382 e. The number of rotatable bonds is 2. The molecule has 0 saturated heterocycles. The summed E-state index contributed by atoms with van der Waals surface area (Å²) in [6.07, 6.45) is -7.23. The lowest BCUT2D eigenvalue weighted by molar-refractivity contribution is -0.210. The van der Waals surface area contributed by atoms with Crippen molar-refractivity contribution in [1.29, 1.82) is 0 Å². The van der Waals surface area contributed by atoms with E-state index in [1.54, 1.807) is 26.0 Å². The topological polar surface area (TPSA) is 46.2 Å². The predicted molar refractivity (Wildman–Crippen MR) is 54.9 cm³/mol. The molecule has 0 unspecified atom stereocenters. The molecule has 16 heavy (non-hydrogen) atoms. The number of aryl methyl sites for hydroxylation is 2. The standard InChI is InChI=1S/C11H14F3NO/c1-6-3-7(2)5-8(4-6)9(15)10(16)11(12,13)14/h3-5,9-10,16H,15H2,1-2H3/t9-,10-/m1/s1. The summed E-state index contributed by atoms with van der Waals surface area (Å²) in [5, 5.41) is 9.04. The Bertz CT molecular complexity index is 356. The molecule has 1 aromatic rings. The Morgan fingerprint density at radius 3 is 1.94 bits per heavy atom. The van der Waals surface area contributed by atoms with Gasteiger partial charge in [-0.3, -0.25) is 0 Å². The van der Waals surface area contributed by atoms with E-state index >= 15 is 0 Å². The van der Waals surface area contributed by atoms with Gasteiger partial charge in [-0.15, -0.1) is 0 Å². The fraction of sp³-hybridized carbons (Fsp3) is 0.455. The molecule has 2 atom stereocenters. The lowest BCUT2D eigenvalue weighted by atomic mass is 9.98. The van der Waals surface area contributed by atoms with Gasteiger partial charge in [-0.1, -0.05) is 29.3 Å². The lowest BCUT2D eigenvalue weighted by Gasteiger charge is -2.22. The average Bonchev–Trinajstić information content (AvgIpc) is 2.12. The molecule has 0 bridgehead atoms. The minimum atomic E-state index is -4.70. The largest absolute Gasteiger partial charge is 0.416 e. The van der Waals surface area contributed by atoms with Crippen LogP contribution in [0.25, 0.3) is 0 Å². The van der Waals surface area contributed by atoms with Crippen molar-refractivity contribution in [3.05, 3.63) is 34.9 Å². The first kappa shape index (κ1) is 13.0. The van der Waals surface area contributed by atoms with E-state index in [0.29, 0.717) is 5.56 Å². The number of aliphatic hydroxyl groups is 1. The predicted octanol–water partition coefficient (Wildman–Crippen LogP) is 2.23. The fourth-order valence-electron chi connectivity index (χ4n) is 1.59. The van der Waals surface area contributed by atoms with Crippen molar-refractivity contribution in [1.82, 2.24) is 0 Å². The second kappa shape index (κ2) is 4.43. The van der Waals surface area contributed by atoms with Crippen molar-refractivity contribution in [3.8, 4) is 0 Å². The number of hydrogen-bond acceptors (Lipinski definition) is 2. The van der Waals surface area contributed by atoms with Crippen LogP contribution in [0.2, 0.25) is 0 Å². The highest BCUT2D eigenvalue weighted by Gasteiger charge is 2.42. The van der Waals surface area contributed by atoms with Gasteiger partial charge in [0.2, 0.25) is 0 Å². The van der Waals surface area contributed by atoms with Gasteiger partial charge in [0.25, 0.3) is 0 Å². The minimum absolute atomic E-state index is 0.294. The van der Waals surface area contributed by atoms with Gasteiger partial charge in [-0.2, -0.15) is 13.2 Å². The van der Waals surface area contributed by atoms with Crippen LogP contribution in [-0.4, -0.2) is 17.4 Å². The van der Waals surface area contributed by atoms with Crippen LogP contribution in [0.5, 0.6) is 0 Å². The summed E-state index contributed by atoms with van der Waals surface area (Å²) in [6, 6.07) is 3.48. The molecule has 90 valence electrons. The van der Waals surface area contributed by atoms with Crippen molar-refractivity contribution in [2.24, 2.45) is 5.73 Å². The number of benzene rings is 1. The first-order valence-electron chi connectivity index (χ1n) is 4.80. The molecule has 0 radical (unpaired) electrons. The number of nitrogens with two attached hydrogens (primary N) is 1. The maximum absolute atomic E-state index is 12.3. The number of aliphatic hydroxyl groups excluding tert-OH is 1. The molecule has 1 rings (SSSR count). The zero-order valence-corrected chi connectivity index (χ0v) is 9.05. The molecular formula is C11H14F3NO. The van der Waals surface area contributed by atoms with E-state index in [9.17, 15) is 13.2 Å². The van der Waals surface area contributed by atoms with Crippen LogP contribution in [0.15, 0.2) is 18.2 Å². The number of halogens is 3. The van der Waals surface area contributed by atoms with Crippen LogP contribution in [-0.2, 0) is 0 Å².